The molecule has 0 radical (unpaired) electrons. The fourth-order valence-electron chi connectivity index (χ4n) is 1.54. The maximum Gasteiger partial charge on any atom is 0.333 e. The molecule has 0 saturated heterocycles. The molecule has 2 aromatic rings. The van der Waals surface area contributed by atoms with Gasteiger partial charge in [-0.3, -0.25) is 9.35 Å². The van der Waals surface area contributed by atoms with E-state index in [-0.39, 0.29) is 5.56 Å². The van der Waals surface area contributed by atoms with Crippen molar-refractivity contribution in [1.82, 2.24) is 0 Å². The molecule has 0 fully saturated rings. The molecule has 0 amide bonds. The Bertz CT molecular complexity index is 653. The van der Waals surface area contributed by atoms with Crippen LogP contribution in [0.2, 0.25) is 0 Å². The summed E-state index contributed by atoms with van der Waals surface area (Å²) >= 11 is 0. The Labute approximate surface area is 92.3 Å². The van der Waals surface area contributed by atoms with Gasteiger partial charge in [-0.2, -0.15) is 8.42 Å². The van der Waals surface area contributed by atoms with Crippen molar-refractivity contribution in [1.29, 1.82) is 0 Å². The molecule has 0 bridgehead atoms. The van der Waals surface area contributed by atoms with Crippen molar-refractivity contribution < 1.29 is 17.8 Å². The van der Waals surface area contributed by atoms with Crippen molar-refractivity contribution in [3.8, 4) is 0 Å². The third-order valence-corrected chi connectivity index (χ3v) is 2.93. The monoisotopic (exact) mass is 236 g/mol. The van der Waals surface area contributed by atoms with E-state index in [0.717, 1.165) is 5.39 Å². The Hall–Kier alpha value is -1.72. The molecule has 1 N–H and O–H groups in total. The average Bonchev–Trinajstić information content (AvgIpc) is 2.26. The number of carbonyl (C=O) groups excluding carboxylic acids is 1. The van der Waals surface area contributed by atoms with Crippen molar-refractivity contribution in [3.63, 3.8) is 0 Å². The molecule has 0 aliphatic rings. The third kappa shape index (κ3) is 1.82. The van der Waals surface area contributed by atoms with Gasteiger partial charge in [0.05, 0.1) is 0 Å². The second kappa shape index (κ2) is 3.70. The minimum atomic E-state index is -4.69. The molecule has 5 heteroatoms. The van der Waals surface area contributed by atoms with Crippen LogP contribution in [0.4, 0.5) is 0 Å². The van der Waals surface area contributed by atoms with Gasteiger partial charge in [-0.15, -0.1) is 0 Å². The van der Waals surface area contributed by atoms with Crippen molar-refractivity contribution in [2.45, 2.75) is 0 Å². The van der Waals surface area contributed by atoms with Gasteiger partial charge in [0.2, 0.25) is 0 Å². The molecule has 0 saturated carbocycles. The second-order valence-electron chi connectivity index (χ2n) is 3.29. The quantitative estimate of drug-likeness (QED) is 0.767. The molecule has 0 aliphatic heterocycles. The van der Waals surface area contributed by atoms with E-state index in [9.17, 15) is 13.2 Å². The summed E-state index contributed by atoms with van der Waals surface area (Å²) < 4.78 is 30.3. The predicted molar refractivity (Wildman–Crippen MR) is 59.8 cm³/mol. The van der Waals surface area contributed by atoms with Crippen molar-refractivity contribution in [2.24, 2.45) is 0 Å². The zero-order valence-electron chi connectivity index (χ0n) is 8.12. The van der Waals surface area contributed by atoms with E-state index in [4.69, 9.17) is 4.55 Å². The van der Waals surface area contributed by atoms with Crippen LogP contribution in [0.15, 0.2) is 42.5 Å². The van der Waals surface area contributed by atoms with Crippen LogP contribution in [0, 0.1) is 0 Å². The topological polar surface area (TPSA) is 71.4 Å². The van der Waals surface area contributed by atoms with E-state index in [1.165, 1.54) is 6.07 Å². The molecule has 16 heavy (non-hydrogen) atoms. The first-order valence-corrected chi connectivity index (χ1v) is 5.94. The minimum Gasteiger partial charge on any atom is -0.279 e. The van der Waals surface area contributed by atoms with E-state index >= 15 is 0 Å². The molecule has 0 aromatic heterocycles. The van der Waals surface area contributed by atoms with Crippen molar-refractivity contribution >= 4 is 26.0 Å². The summed E-state index contributed by atoms with van der Waals surface area (Å²) in [5.74, 6) is 0. The van der Waals surface area contributed by atoms with Gasteiger partial charge in [0.1, 0.15) is 0 Å². The summed E-state index contributed by atoms with van der Waals surface area (Å²) in [6.45, 7) is 0. The number of carbonyl (C=O) groups is 1. The lowest BCUT2D eigenvalue weighted by Gasteiger charge is -2.02. The van der Waals surface area contributed by atoms with Gasteiger partial charge < -0.3 is 0 Å². The van der Waals surface area contributed by atoms with Gasteiger partial charge in [0.15, 0.2) is 0 Å². The molecular weight excluding hydrogens is 228 g/mol. The lowest BCUT2D eigenvalue weighted by Crippen LogP contribution is -2.13. The SMILES string of the molecule is O=C(c1cccc2ccccc12)S(=O)(=O)O. The first kappa shape index (κ1) is 10.8. The van der Waals surface area contributed by atoms with E-state index in [1.807, 2.05) is 0 Å². The van der Waals surface area contributed by atoms with E-state index < -0.39 is 15.2 Å². The predicted octanol–water partition coefficient (Wildman–Crippen LogP) is 1.87. The maximum absolute atomic E-state index is 11.4. The van der Waals surface area contributed by atoms with Gasteiger partial charge >= 0.3 is 15.2 Å². The largest absolute Gasteiger partial charge is 0.333 e. The Morgan fingerprint density at radius 3 is 2.31 bits per heavy atom. The number of hydrogen-bond acceptors (Lipinski definition) is 3. The fourth-order valence-corrected chi connectivity index (χ4v) is 2.00. The molecule has 4 nitrogen and oxygen atoms in total. The summed E-state index contributed by atoms with van der Waals surface area (Å²) in [6, 6.07) is 11.6. The van der Waals surface area contributed by atoms with Crippen LogP contribution in [0.1, 0.15) is 10.4 Å². The van der Waals surface area contributed by atoms with Crippen molar-refractivity contribution in [3.05, 3.63) is 48.0 Å². The van der Waals surface area contributed by atoms with Gasteiger partial charge in [0.25, 0.3) is 0 Å². The molecule has 0 atom stereocenters. The summed E-state index contributed by atoms with van der Waals surface area (Å²) in [4.78, 5) is 11.4. The first-order valence-electron chi connectivity index (χ1n) is 4.50. The smallest absolute Gasteiger partial charge is 0.279 e. The molecule has 2 rings (SSSR count). The highest BCUT2D eigenvalue weighted by atomic mass is 32.2. The van der Waals surface area contributed by atoms with E-state index in [2.05, 4.69) is 0 Å². The molecule has 0 heterocycles. The lowest BCUT2D eigenvalue weighted by molar-refractivity contribution is 0.106. The summed E-state index contributed by atoms with van der Waals surface area (Å²) in [6.07, 6.45) is 0. The Kier molecular flexibility index (Phi) is 2.49. The van der Waals surface area contributed by atoms with E-state index in [1.54, 1.807) is 36.4 Å². The second-order valence-corrected chi connectivity index (χ2v) is 4.61. The zero-order valence-corrected chi connectivity index (χ0v) is 8.94. The number of hydrogen-bond donors (Lipinski definition) is 1. The molecule has 0 aliphatic carbocycles. The highest BCUT2D eigenvalue weighted by molar-refractivity contribution is 8.01. The minimum absolute atomic E-state index is 0.0133. The van der Waals surface area contributed by atoms with Crippen LogP contribution in [0.5, 0.6) is 0 Å². The van der Waals surface area contributed by atoms with Crippen molar-refractivity contribution in [2.75, 3.05) is 0 Å². The van der Waals surface area contributed by atoms with Crippen LogP contribution < -0.4 is 0 Å². The number of rotatable bonds is 1. The highest BCUT2D eigenvalue weighted by Gasteiger charge is 2.22. The Balaban J connectivity index is 2.75. The molecule has 0 spiro atoms. The summed E-state index contributed by atoms with van der Waals surface area (Å²) in [5, 5.41) is -0.0195. The van der Waals surface area contributed by atoms with Gasteiger partial charge in [-0.05, 0) is 16.8 Å². The molecule has 2 aromatic carbocycles. The zero-order chi connectivity index (χ0) is 11.8. The van der Waals surface area contributed by atoms with Crippen LogP contribution in [0.3, 0.4) is 0 Å². The van der Waals surface area contributed by atoms with Gasteiger partial charge in [-0.1, -0.05) is 36.4 Å². The normalized spacial score (nSPS) is 11.6. The van der Waals surface area contributed by atoms with Gasteiger partial charge in [-0.25, -0.2) is 0 Å². The fraction of sp³-hybridized carbons (Fsp3) is 0. The number of benzene rings is 2. The standard InChI is InChI=1S/C11H8O4S/c12-11(16(13,14)15)10-7-3-5-8-4-1-2-6-9(8)10/h1-7H,(H,13,14,15). The highest BCUT2D eigenvalue weighted by Crippen LogP contribution is 2.20. The number of fused-ring (bicyclic) bond motifs is 1. The van der Waals surface area contributed by atoms with Gasteiger partial charge in [0, 0.05) is 5.56 Å². The lowest BCUT2D eigenvalue weighted by atomic mass is 10.1. The van der Waals surface area contributed by atoms with Crippen LogP contribution >= 0.6 is 0 Å². The summed E-state index contributed by atoms with van der Waals surface area (Å²) in [7, 11) is -4.69. The first-order chi connectivity index (χ1) is 7.50. The van der Waals surface area contributed by atoms with Crippen LogP contribution in [0.25, 0.3) is 10.8 Å². The van der Waals surface area contributed by atoms with E-state index in [0.29, 0.717) is 5.39 Å². The Morgan fingerprint density at radius 1 is 1.00 bits per heavy atom. The molecule has 82 valence electrons. The average molecular weight is 236 g/mol. The summed E-state index contributed by atoms with van der Waals surface area (Å²) in [5.41, 5.74) is -0.0133. The van der Waals surface area contributed by atoms with Crippen LogP contribution in [-0.4, -0.2) is 18.1 Å². The van der Waals surface area contributed by atoms with Crippen LogP contribution in [-0.2, 0) is 10.1 Å². The maximum atomic E-state index is 11.4. The third-order valence-electron chi connectivity index (χ3n) is 2.24. The molecule has 0 unspecified atom stereocenters. The molecular formula is C11H8O4S. The Morgan fingerprint density at radius 2 is 1.62 bits per heavy atom.